The second kappa shape index (κ2) is 6.45. The van der Waals surface area contributed by atoms with Gasteiger partial charge >= 0.3 is 0 Å². The summed E-state index contributed by atoms with van der Waals surface area (Å²) in [5.41, 5.74) is 7.10. The minimum atomic E-state index is -0.280. The fourth-order valence-electron chi connectivity index (χ4n) is 5.00. The lowest BCUT2D eigenvalue weighted by atomic mass is 9.68. The van der Waals surface area contributed by atoms with Crippen LogP contribution in [-0.4, -0.2) is 32.0 Å². The molecule has 2 aromatic carbocycles. The van der Waals surface area contributed by atoms with Gasteiger partial charge in [0.15, 0.2) is 5.78 Å². The largest absolute Gasteiger partial charge is 0.368 e. The van der Waals surface area contributed by atoms with Crippen molar-refractivity contribution in [3.8, 4) is 6.07 Å². The van der Waals surface area contributed by atoms with E-state index in [2.05, 4.69) is 36.2 Å². The van der Waals surface area contributed by atoms with E-state index in [9.17, 15) is 10.1 Å². The van der Waals surface area contributed by atoms with Crippen LogP contribution in [0.15, 0.2) is 35.9 Å². The molecule has 2 aliphatic carbocycles. The number of nitrogens with one attached hydrogen (secondary N) is 1. The Morgan fingerprint density at radius 2 is 1.90 bits per heavy atom. The molecule has 0 atom stereocenters. The van der Waals surface area contributed by atoms with Crippen LogP contribution >= 0.6 is 11.6 Å². The molecule has 1 N–H and O–H groups in total. The third-order valence-electron chi connectivity index (χ3n) is 6.62. The molecule has 1 saturated heterocycles. The van der Waals surface area contributed by atoms with Crippen molar-refractivity contribution in [3.63, 3.8) is 0 Å². The molecule has 0 aromatic heterocycles. The van der Waals surface area contributed by atoms with E-state index in [0.717, 1.165) is 59.7 Å². The minimum absolute atomic E-state index is 0.0477. The normalized spacial score (nSPS) is 19.5. The molecule has 0 radical (unpaired) electrons. The van der Waals surface area contributed by atoms with Crippen molar-refractivity contribution in [2.45, 2.75) is 25.7 Å². The van der Waals surface area contributed by atoms with Gasteiger partial charge in [-0.1, -0.05) is 31.5 Å². The number of fused-ring (bicyclic) bond motifs is 3. The van der Waals surface area contributed by atoms with Crippen molar-refractivity contribution >= 4 is 28.6 Å². The van der Waals surface area contributed by atoms with Gasteiger partial charge in [0.25, 0.3) is 0 Å². The van der Waals surface area contributed by atoms with E-state index in [-0.39, 0.29) is 11.2 Å². The number of hydrogen-bond donors (Lipinski definition) is 1. The Hall–Kier alpha value is -2.61. The zero-order chi connectivity index (χ0) is 20.3. The molecule has 0 unspecified atom stereocenters. The van der Waals surface area contributed by atoms with Crippen LogP contribution in [0.1, 0.15) is 46.5 Å². The molecule has 5 rings (SSSR count). The lowest BCUT2D eigenvalue weighted by molar-refractivity contribution is 0.105. The number of carbonyl (C=O) groups is 1. The lowest BCUT2D eigenvalue weighted by Gasteiger charge is -2.37. The number of ketones is 1. The molecule has 5 heteroatoms. The molecule has 1 heterocycles. The van der Waals surface area contributed by atoms with E-state index in [0.29, 0.717) is 22.6 Å². The molecule has 0 amide bonds. The smallest absolute Gasteiger partial charge is 0.194 e. The Morgan fingerprint density at radius 3 is 2.62 bits per heavy atom. The molecule has 1 aliphatic heterocycles. The fourth-order valence-corrected chi connectivity index (χ4v) is 5.28. The number of hydrogen-bond acceptors (Lipinski definition) is 4. The van der Waals surface area contributed by atoms with Gasteiger partial charge in [-0.05, 0) is 52.9 Å². The molecule has 29 heavy (non-hydrogen) atoms. The molecule has 0 spiro atoms. The molecule has 2 aromatic rings. The minimum Gasteiger partial charge on any atom is -0.368 e. The van der Waals surface area contributed by atoms with Crippen molar-refractivity contribution in [1.82, 2.24) is 5.32 Å². The first-order chi connectivity index (χ1) is 13.9. The summed E-state index contributed by atoms with van der Waals surface area (Å²) in [4.78, 5) is 15.8. The lowest BCUT2D eigenvalue weighted by Crippen LogP contribution is -2.44. The van der Waals surface area contributed by atoms with Gasteiger partial charge < -0.3 is 10.2 Å². The van der Waals surface area contributed by atoms with Crippen molar-refractivity contribution in [1.29, 1.82) is 5.26 Å². The van der Waals surface area contributed by atoms with Gasteiger partial charge in [0.2, 0.25) is 0 Å². The summed E-state index contributed by atoms with van der Waals surface area (Å²) < 4.78 is 0. The third-order valence-corrected chi connectivity index (χ3v) is 6.92. The topological polar surface area (TPSA) is 56.1 Å². The van der Waals surface area contributed by atoms with E-state index in [1.165, 1.54) is 0 Å². The quantitative estimate of drug-likeness (QED) is 0.778. The van der Waals surface area contributed by atoms with Crippen molar-refractivity contribution < 1.29 is 4.79 Å². The zero-order valence-corrected chi connectivity index (χ0v) is 17.4. The highest BCUT2D eigenvalue weighted by Gasteiger charge is 2.43. The van der Waals surface area contributed by atoms with E-state index in [4.69, 9.17) is 11.6 Å². The Balaban J connectivity index is 1.65. The predicted octanol–water partition coefficient (Wildman–Crippen LogP) is 4.11. The van der Waals surface area contributed by atoms with Gasteiger partial charge in [0, 0.05) is 42.7 Å². The summed E-state index contributed by atoms with van der Waals surface area (Å²) in [7, 11) is 0. The van der Waals surface area contributed by atoms with Crippen LogP contribution in [0.4, 0.5) is 5.69 Å². The third kappa shape index (κ3) is 2.65. The average Bonchev–Trinajstić information content (AvgIpc) is 3.12. The predicted molar refractivity (Wildman–Crippen MR) is 116 cm³/mol. The monoisotopic (exact) mass is 403 g/mol. The second-order valence-electron chi connectivity index (χ2n) is 8.55. The summed E-state index contributed by atoms with van der Waals surface area (Å²) in [5, 5.41) is 13.3. The van der Waals surface area contributed by atoms with Crippen LogP contribution in [0.5, 0.6) is 0 Å². The first-order valence-electron chi connectivity index (χ1n) is 10.0. The van der Waals surface area contributed by atoms with Gasteiger partial charge in [-0.15, -0.1) is 0 Å². The number of carbonyl (C=O) groups excluding carboxylic acids is 1. The van der Waals surface area contributed by atoms with Crippen LogP contribution in [0.3, 0.4) is 0 Å². The van der Waals surface area contributed by atoms with E-state index in [1.54, 1.807) is 6.07 Å². The number of nitrogens with zero attached hydrogens (tertiary/aromatic N) is 2. The molecule has 146 valence electrons. The Labute approximate surface area is 175 Å². The van der Waals surface area contributed by atoms with Gasteiger partial charge in [-0.3, -0.25) is 4.79 Å². The Kier molecular flexibility index (Phi) is 4.10. The number of halogens is 1. The first kappa shape index (κ1) is 18.4. The molecule has 3 aliphatic rings. The van der Waals surface area contributed by atoms with Crippen LogP contribution in [0.2, 0.25) is 5.02 Å². The average molecular weight is 404 g/mol. The SMILES string of the molecule is CC1(C)C2=C(C(=O)c3cc(Cl)c(N4CCNCC4)cc31)c1ccc(C#N)cc1C2. The van der Waals surface area contributed by atoms with Gasteiger partial charge in [0.1, 0.15) is 0 Å². The summed E-state index contributed by atoms with van der Waals surface area (Å²) in [5.74, 6) is 0.0477. The Morgan fingerprint density at radius 1 is 1.14 bits per heavy atom. The van der Waals surface area contributed by atoms with E-state index in [1.807, 2.05) is 18.2 Å². The number of Topliss-reactive ketones (excluding diaryl/α,β-unsaturated/α-hetero) is 1. The van der Waals surface area contributed by atoms with Gasteiger partial charge in [-0.25, -0.2) is 0 Å². The number of anilines is 1. The number of rotatable bonds is 1. The number of nitriles is 1. The molecular formula is C24H22ClN3O. The first-order valence-corrected chi connectivity index (χ1v) is 10.4. The number of benzene rings is 2. The zero-order valence-electron chi connectivity index (χ0n) is 16.6. The summed E-state index contributed by atoms with van der Waals surface area (Å²) >= 11 is 6.67. The molecule has 0 saturated carbocycles. The maximum atomic E-state index is 13.5. The fraction of sp³-hybridized carbons (Fsp3) is 0.333. The highest BCUT2D eigenvalue weighted by atomic mass is 35.5. The highest BCUT2D eigenvalue weighted by Crippen LogP contribution is 2.51. The molecule has 4 nitrogen and oxygen atoms in total. The van der Waals surface area contributed by atoms with Crippen LogP contribution in [-0.2, 0) is 11.8 Å². The van der Waals surface area contributed by atoms with Crippen molar-refractivity contribution in [3.05, 3.63) is 68.7 Å². The summed E-state index contributed by atoms with van der Waals surface area (Å²) in [6.45, 7) is 8.07. The van der Waals surface area contributed by atoms with Crippen LogP contribution < -0.4 is 10.2 Å². The van der Waals surface area contributed by atoms with Gasteiger partial charge in [-0.2, -0.15) is 5.26 Å². The van der Waals surface area contributed by atoms with Gasteiger partial charge in [0.05, 0.1) is 22.3 Å². The number of piperazine rings is 1. The standard InChI is InChI=1S/C24H22ClN3O/c1-24(2)18-12-21(28-7-5-27-6-8-28)20(25)11-17(18)23(29)22-16-4-3-14(13-26)9-15(16)10-19(22)24/h3-4,9,11-12,27H,5-8,10H2,1-2H3. The summed E-state index contributed by atoms with van der Waals surface area (Å²) in [6.07, 6.45) is 0.712. The van der Waals surface area contributed by atoms with Crippen molar-refractivity contribution in [2.75, 3.05) is 31.1 Å². The summed E-state index contributed by atoms with van der Waals surface area (Å²) in [6, 6.07) is 11.8. The second-order valence-corrected chi connectivity index (χ2v) is 8.96. The maximum Gasteiger partial charge on any atom is 0.194 e. The molecular weight excluding hydrogens is 382 g/mol. The molecule has 0 bridgehead atoms. The molecule has 1 fully saturated rings. The van der Waals surface area contributed by atoms with E-state index >= 15 is 0 Å². The van der Waals surface area contributed by atoms with Crippen molar-refractivity contribution in [2.24, 2.45) is 0 Å². The Bertz CT molecular complexity index is 1130. The maximum absolute atomic E-state index is 13.5. The highest BCUT2D eigenvalue weighted by molar-refractivity contribution is 6.36. The number of allylic oxidation sites excluding steroid dienone is 2. The van der Waals surface area contributed by atoms with E-state index < -0.39 is 0 Å². The van der Waals surface area contributed by atoms with Crippen LogP contribution in [0.25, 0.3) is 5.57 Å². The van der Waals surface area contributed by atoms with Crippen LogP contribution in [0, 0.1) is 11.3 Å².